The fourth-order valence-electron chi connectivity index (χ4n) is 0.583. The van der Waals surface area contributed by atoms with Gasteiger partial charge in [0.25, 0.3) is 5.24 Å². The number of carbonyl (C=O) groups excluding carboxylic acids is 2. The van der Waals surface area contributed by atoms with E-state index in [1.54, 1.807) is 0 Å². The number of hydrogen-bond acceptors (Lipinski definition) is 5. The van der Waals surface area contributed by atoms with E-state index in [-0.39, 0.29) is 6.61 Å². The van der Waals surface area contributed by atoms with Crippen LogP contribution >= 0.6 is 34.8 Å². The maximum atomic E-state index is 10.5. The fourth-order valence-corrected chi connectivity index (χ4v) is 0.920. The van der Waals surface area contributed by atoms with E-state index in [9.17, 15) is 9.59 Å². The van der Waals surface area contributed by atoms with Crippen molar-refractivity contribution in [2.24, 2.45) is 0 Å². The molecule has 0 amide bonds. The summed E-state index contributed by atoms with van der Waals surface area (Å²) in [4.78, 5) is 21.0. The van der Waals surface area contributed by atoms with E-state index in [1.165, 1.54) is 0 Å². The molecule has 0 atom stereocenters. The molecule has 0 spiro atoms. The Morgan fingerprint density at radius 3 is 2.50 bits per heavy atom. The molecule has 14 heavy (non-hydrogen) atoms. The van der Waals surface area contributed by atoms with E-state index in [0.29, 0.717) is 0 Å². The van der Waals surface area contributed by atoms with Gasteiger partial charge in [0.2, 0.25) is 0 Å². The number of rotatable bonds is 3. The quantitative estimate of drug-likeness (QED) is 0.327. The second-order valence-electron chi connectivity index (χ2n) is 2.07. The van der Waals surface area contributed by atoms with E-state index in [0.717, 1.165) is 0 Å². The zero-order valence-corrected chi connectivity index (χ0v) is 8.73. The van der Waals surface area contributed by atoms with Crippen LogP contribution in [-0.4, -0.2) is 25.1 Å². The average Bonchev–Trinajstić information content (AvgIpc) is 2.49. The highest BCUT2D eigenvalue weighted by molar-refractivity contribution is 6.75. The van der Waals surface area contributed by atoms with Crippen LogP contribution in [0.15, 0.2) is 10.3 Å². The summed E-state index contributed by atoms with van der Waals surface area (Å²) in [6, 6.07) is 0. The summed E-state index contributed by atoms with van der Waals surface area (Å²) < 4.78 is 13.7. The Hall–Kier alpha value is -0.425. The largest absolute Gasteiger partial charge is 0.791 e. The summed E-state index contributed by atoms with van der Waals surface area (Å²) in [6.07, 6.45) is 0. The SMILES string of the molecule is O=C1COB(O/C(Cl)=C(/Cl)C(=O)Cl)O1. The maximum absolute atomic E-state index is 10.5. The first-order valence-electron chi connectivity index (χ1n) is 3.23. The summed E-state index contributed by atoms with van der Waals surface area (Å²) in [5.74, 6) is -0.604. The van der Waals surface area contributed by atoms with Gasteiger partial charge in [0, 0.05) is 0 Å². The van der Waals surface area contributed by atoms with Crippen molar-refractivity contribution in [1.82, 2.24) is 0 Å². The van der Waals surface area contributed by atoms with Gasteiger partial charge in [-0.2, -0.15) is 0 Å². The van der Waals surface area contributed by atoms with Crippen molar-refractivity contribution in [3.05, 3.63) is 10.3 Å². The third-order valence-corrected chi connectivity index (χ3v) is 2.11. The molecule has 0 N–H and O–H groups in total. The molecular weight excluding hydrogens is 257 g/mol. The van der Waals surface area contributed by atoms with E-state index in [4.69, 9.17) is 34.8 Å². The lowest BCUT2D eigenvalue weighted by molar-refractivity contribution is -0.132. The lowest BCUT2D eigenvalue weighted by atomic mass is 10.2. The Bertz CT molecular complexity index is 304. The molecule has 1 aliphatic rings. The van der Waals surface area contributed by atoms with Crippen LogP contribution in [0.5, 0.6) is 0 Å². The standard InChI is InChI=1S/C5H2BCl3O5/c7-3(4(8)11)5(9)14-6-12-1-2(10)13-6/h1H2/b5-3+. The van der Waals surface area contributed by atoms with Gasteiger partial charge in [-0.1, -0.05) is 11.6 Å². The van der Waals surface area contributed by atoms with Gasteiger partial charge in [0.1, 0.15) is 6.61 Å². The maximum Gasteiger partial charge on any atom is 0.791 e. The van der Waals surface area contributed by atoms with Crippen molar-refractivity contribution >= 4 is 53.3 Å². The predicted octanol–water partition coefficient (Wildman–Crippen LogP) is 0.973. The van der Waals surface area contributed by atoms with Crippen molar-refractivity contribution in [2.45, 2.75) is 0 Å². The molecule has 0 aliphatic carbocycles. The molecule has 0 unspecified atom stereocenters. The molecule has 0 aromatic carbocycles. The molecule has 1 rings (SSSR count). The molecule has 9 heteroatoms. The zero-order valence-electron chi connectivity index (χ0n) is 6.46. The Balaban J connectivity index is 2.56. The topological polar surface area (TPSA) is 61.8 Å². The van der Waals surface area contributed by atoms with Crippen LogP contribution in [0.4, 0.5) is 0 Å². The van der Waals surface area contributed by atoms with Crippen LogP contribution < -0.4 is 0 Å². The first-order valence-corrected chi connectivity index (χ1v) is 4.37. The molecule has 5 nitrogen and oxygen atoms in total. The van der Waals surface area contributed by atoms with Gasteiger partial charge < -0.3 is 14.0 Å². The summed E-state index contributed by atoms with van der Waals surface area (Å²) in [6.45, 7) is -0.249. The molecule has 76 valence electrons. The van der Waals surface area contributed by atoms with Crippen LogP contribution in [0, 0.1) is 0 Å². The van der Waals surface area contributed by atoms with Crippen LogP contribution in [0.25, 0.3) is 0 Å². The van der Waals surface area contributed by atoms with Crippen molar-refractivity contribution in [3.8, 4) is 0 Å². The molecule has 0 aromatic heterocycles. The summed E-state index contributed by atoms with van der Waals surface area (Å²) >= 11 is 15.7. The Morgan fingerprint density at radius 2 is 2.07 bits per heavy atom. The minimum Gasteiger partial charge on any atom is -0.490 e. The van der Waals surface area contributed by atoms with Crippen LogP contribution in [0.1, 0.15) is 0 Å². The highest BCUT2D eigenvalue weighted by Gasteiger charge is 2.37. The lowest BCUT2D eigenvalue weighted by Crippen LogP contribution is -2.19. The molecule has 0 radical (unpaired) electrons. The summed E-state index contributed by atoms with van der Waals surface area (Å²) in [7, 11) is -1.29. The minimum absolute atomic E-state index is 0.249. The first kappa shape index (κ1) is 11.6. The molecule has 0 bridgehead atoms. The zero-order chi connectivity index (χ0) is 10.7. The van der Waals surface area contributed by atoms with E-state index >= 15 is 0 Å². The molecular formula is C5H2BCl3O5. The molecule has 1 fully saturated rings. The van der Waals surface area contributed by atoms with Crippen LogP contribution in [0.2, 0.25) is 0 Å². The predicted molar refractivity (Wildman–Crippen MR) is 48.5 cm³/mol. The first-order chi connectivity index (χ1) is 6.50. The van der Waals surface area contributed by atoms with E-state index in [2.05, 4.69) is 14.0 Å². The summed E-state index contributed by atoms with van der Waals surface area (Å²) in [5.41, 5.74) is 0. The second-order valence-corrected chi connectivity index (χ2v) is 3.13. The smallest absolute Gasteiger partial charge is 0.490 e. The number of carbonyl (C=O) groups is 2. The van der Waals surface area contributed by atoms with Crippen molar-refractivity contribution in [1.29, 1.82) is 0 Å². The molecule has 1 aliphatic heterocycles. The number of allylic oxidation sites excluding steroid dienone is 1. The Kier molecular flexibility index (Phi) is 4.06. The van der Waals surface area contributed by atoms with Crippen molar-refractivity contribution in [2.75, 3.05) is 6.61 Å². The number of halogens is 3. The van der Waals surface area contributed by atoms with Gasteiger partial charge >= 0.3 is 13.3 Å². The average molecular weight is 259 g/mol. The summed E-state index contributed by atoms with van der Waals surface area (Å²) in [5, 5.41) is -1.99. The van der Waals surface area contributed by atoms with Gasteiger partial charge in [-0.15, -0.1) is 0 Å². The van der Waals surface area contributed by atoms with E-state index in [1.807, 2.05) is 0 Å². The van der Waals surface area contributed by atoms with Crippen LogP contribution in [-0.2, 0) is 23.6 Å². The second kappa shape index (κ2) is 4.88. The van der Waals surface area contributed by atoms with Crippen molar-refractivity contribution < 1.29 is 23.6 Å². The highest BCUT2D eigenvalue weighted by Crippen LogP contribution is 2.20. The lowest BCUT2D eigenvalue weighted by Gasteiger charge is -2.04. The Morgan fingerprint density at radius 1 is 1.43 bits per heavy atom. The third-order valence-electron chi connectivity index (χ3n) is 1.11. The van der Waals surface area contributed by atoms with Gasteiger partial charge in [0.15, 0.2) is 10.3 Å². The van der Waals surface area contributed by atoms with Crippen molar-refractivity contribution in [3.63, 3.8) is 0 Å². The van der Waals surface area contributed by atoms with Crippen LogP contribution in [0.3, 0.4) is 0 Å². The highest BCUT2D eigenvalue weighted by atomic mass is 35.5. The number of hydrogen-bond donors (Lipinski definition) is 0. The monoisotopic (exact) mass is 258 g/mol. The molecule has 1 heterocycles. The van der Waals surface area contributed by atoms with Gasteiger partial charge in [-0.05, 0) is 23.2 Å². The minimum atomic E-state index is -1.29. The van der Waals surface area contributed by atoms with Gasteiger partial charge in [-0.25, -0.2) is 0 Å². The fraction of sp³-hybridized carbons (Fsp3) is 0.200. The van der Waals surface area contributed by atoms with Gasteiger partial charge in [0.05, 0.1) is 0 Å². The Labute approximate surface area is 94.0 Å². The third kappa shape index (κ3) is 3.06. The van der Waals surface area contributed by atoms with Gasteiger partial charge in [-0.3, -0.25) is 9.59 Å². The molecule has 1 saturated heterocycles. The van der Waals surface area contributed by atoms with E-state index < -0.39 is 28.8 Å². The molecule has 0 saturated carbocycles. The molecule has 0 aromatic rings. The normalized spacial score (nSPS) is 17.6.